The number of carboxylic acids is 1. The number of ether oxygens (including phenoxy) is 1. The smallest absolute Gasteiger partial charge is 0.304 e. The lowest BCUT2D eigenvalue weighted by atomic mass is 9.86. The van der Waals surface area contributed by atoms with Crippen LogP contribution >= 0.6 is 0 Å². The van der Waals surface area contributed by atoms with Crippen molar-refractivity contribution in [2.75, 3.05) is 7.11 Å². The molecule has 3 heteroatoms. The Balaban J connectivity index is 2.10. The molecule has 0 aromatic heterocycles. The van der Waals surface area contributed by atoms with Gasteiger partial charge in [0.05, 0.1) is 13.5 Å². The molecule has 0 unspecified atom stereocenters. The first-order valence-corrected chi connectivity index (χ1v) is 6.57. The van der Waals surface area contributed by atoms with Crippen molar-refractivity contribution in [1.29, 1.82) is 0 Å². The average molecular weight is 246 g/mol. The summed E-state index contributed by atoms with van der Waals surface area (Å²) in [6.45, 7) is 0. The Hall–Kier alpha value is -1.51. The largest absolute Gasteiger partial charge is 0.496 e. The summed E-state index contributed by atoms with van der Waals surface area (Å²) in [5.74, 6) is 0.180. The number of aryl methyl sites for hydroxylation is 1. The summed E-state index contributed by atoms with van der Waals surface area (Å²) in [5, 5.41) is 9.12. The summed E-state index contributed by atoms with van der Waals surface area (Å²) in [5.41, 5.74) is 3.81. The van der Waals surface area contributed by atoms with Crippen LogP contribution in [0.1, 0.15) is 42.4 Å². The van der Waals surface area contributed by atoms with Crippen molar-refractivity contribution in [2.24, 2.45) is 0 Å². The molecular weight excluding hydrogens is 228 g/mol. The molecule has 0 atom stereocenters. The zero-order valence-electron chi connectivity index (χ0n) is 10.7. The molecule has 0 saturated heterocycles. The highest BCUT2D eigenvalue weighted by Crippen LogP contribution is 2.56. The lowest BCUT2D eigenvalue weighted by Crippen LogP contribution is -2.16. The minimum atomic E-state index is -0.704. The van der Waals surface area contributed by atoms with E-state index in [1.165, 1.54) is 23.1 Å². The van der Waals surface area contributed by atoms with Gasteiger partial charge in [0.1, 0.15) is 5.75 Å². The highest BCUT2D eigenvalue weighted by molar-refractivity contribution is 5.71. The normalized spacial score (nSPS) is 19.4. The van der Waals surface area contributed by atoms with E-state index in [0.717, 1.165) is 31.4 Å². The second-order valence-electron chi connectivity index (χ2n) is 5.48. The zero-order valence-corrected chi connectivity index (χ0v) is 10.7. The van der Waals surface area contributed by atoms with E-state index in [9.17, 15) is 4.79 Å². The van der Waals surface area contributed by atoms with E-state index < -0.39 is 5.97 Å². The van der Waals surface area contributed by atoms with Crippen molar-refractivity contribution >= 4 is 5.97 Å². The van der Waals surface area contributed by atoms with E-state index >= 15 is 0 Å². The number of methoxy groups -OCH3 is 1. The van der Waals surface area contributed by atoms with Crippen LogP contribution in [0.2, 0.25) is 0 Å². The average Bonchev–Trinajstić information content (AvgIpc) is 2.93. The minimum absolute atomic E-state index is 0.146. The minimum Gasteiger partial charge on any atom is -0.496 e. The van der Waals surface area contributed by atoms with Crippen molar-refractivity contribution in [3.05, 3.63) is 28.8 Å². The Morgan fingerprint density at radius 1 is 1.39 bits per heavy atom. The maximum absolute atomic E-state index is 11.1. The van der Waals surface area contributed by atoms with E-state index in [2.05, 4.69) is 6.07 Å². The first kappa shape index (κ1) is 11.6. The lowest BCUT2D eigenvalue weighted by Gasteiger charge is -2.21. The van der Waals surface area contributed by atoms with Gasteiger partial charge in [-0.15, -0.1) is 0 Å². The van der Waals surface area contributed by atoms with Crippen LogP contribution in [0.25, 0.3) is 0 Å². The van der Waals surface area contributed by atoms with Crippen LogP contribution < -0.4 is 4.74 Å². The molecule has 0 radical (unpaired) electrons. The summed E-state index contributed by atoms with van der Waals surface area (Å²) >= 11 is 0. The fourth-order valence-electron chi connectivity index (χ4n) is 3.35. The second-order valence-corrected chi connectivity index (χ2v) is 5.48. The first-order valence-electron chi connectivity index (χ1n) is 6.57. The van der Waals surface area contributed by atoms with Crippen LogP contribution in [-0.2, 0) is 23.1 Å². The van der Waals surface area contributed by atoms with Crippen molar-refractivity contribution < 1.29 is 14.6 Å². The monoisotopic (exact) mass is 246 g/mol. The molecule has 0 amide bonds. The summed E-state index contributed by atoms with van der Waals surface area (Å²) in [7, 11) is 1.68. The molecule has 0 spiro atoms. The zero-order chi connectivity index (χ0) is 12.8. The molecule has 3 nitrogen and oxygen atoms in total. The third-order valence-electron chi connectivity index (χ3n) is 4.34. The fraction of sp³-hybridized carbons (Fsp3) is 0.533. The van der Waals surface area contributed by atoms with Crippen molar-refractivity contribution in [3.63, 3.8) is 0 Å². The Kier molecular flexibility index (Phi) is 2.58. The molecular formula is C15H18O3. The van der Waals surface area contributed by atoms with E-state index in [0.29, 0.717) is 0 Å². The van der Waals surface area contributed by atoms with Gasteiger partial charge in [0, 0.05) is 11.0 Å². The second kappa shape index (κ2) is 4.01. The highest BCUT2D eigenvalue weighted by Gasteiger charge is 2.49. The van der Waals surface area contributed by atoms with Gasteiger partial charge in [-0.2, -0.15) is 0 Å². The maximum atomic E-state index is 11.1. The summed E-state index contributed by atoms with van der Waals surface area (Å²) in [6, 6.07) is 4.16. The number of hydrogen-bond acceptors (Lipinski definition) is 2. The Labute approximate surface area is 107 Å². The Morgan fingerprint density at radius 2 is 2.17 bits per heavy atom. The SMILES string of the molecule is COc1ccc2c(c1C1(CC(=O)O)CC1)CCC2. The number of fused-ring (bicyclic) bond motifs is 1. The topological polar surface area (TPSA) is 46.5 Å². The molecule has 1 aromatic rings. The van der Waals surface area contributed by atoms with E-state index in [-0.39, 0.29) is 11.8 Å². The van der Waals surface area contributed by atoms with Gasteiger partial charge in [0.25, 0.3) is 0 Å². The van der Waals surface area contributed by atoms with Crippen LogP contribution in [0, 0.1) is 0 Å². The number of benzene rings is 1. The molecule has 0 bridgehead atoms. The summed E-state index contributed by atoms with van der Waals surface area (Å²) in [6.07, 6.45) is 5.56. The predicted molar refractivity (Wildman–Crippen MR) is 68.2 cm³/mol. The molecule has 1 aromatic carbocycles. The van der Waals surface area contributed by atoms with Gasteiger partial charge in [-0.1, -0.05) is 6.07 Å². The third kappa shape index (κ3) is 1.69. The molecule has 1 fully saturated rings. The van der Waals surface area contributed by atoms with Gasteiger partial charge < -0.3 is 9.84 Å². The molecule has 18 heavy (non-hydrogen) atoms. The van der Waals surface area contributed by atoms with E-state index in [1.54, 1.807) is 7.11 Å². The number of carbonyl (C=O) groups is 1. The van der Waals surface area contributed by atoms with Crippen LogP contribution in [0.5, 0.6) is 5.75 Å². The number of hydrogen-bond donors (Lipinski definition) is 1. The fourth-order valence-corrected chi connectivity index (χ4v) is 3.35. The van der Waals surface area contributed by atoms with Crippen LogP contribution in [0.4, 0.5) is 0 Å². The molecule has 0 aliphatic heterocycles. The number of carboxylic acid groups (broad SMARTS) is 1. The Morgan fingerprint density at radius 3 is 2.78 bits per heavy atom. The maximum Gasteiger partial charge on any atom is 0.304 e. The number of rotatable bonds is 4. The first-order chi connectivity index (χ1) is 8.66. The van der Waals surface area contributed by atoms with Crippen molar-refractivity contribution in [2.45, 2.75) is 43.9 Å². The van der Waals surface area contributed by atoms with Crippen molar-refractivity contribution in [3.8, 4) is 5.75 Å². The van der Waals surface area contributed by atoms with Crippen LogP contribution in [0.3, 0.4) is 0 Å². The molecule has 3 rings (SSSR count). The van der Waals surface area contributed by atoms with Crippen LogP contribution in [-0.4, -0.2) is 18.2 Å². The van der Waals surface area contributed by atoms with E-state index in [1.807, 2.05) is 6.07 Å². The van der Waals surface area contributed by atoms with Gasteiger partial charge >= 0.3 is 5.97 Å². The van der Waals surface area contributed by atoms with Gasteiger partial charge in [-0.25, -0.2) is 0 Å². The molecule has 1 saturated carbocycles. The lowest BCUT2D eigenvalue weighted by molar-refractivity contribution is -0.137. The predicted octanol–water partition coefficient (Wildman–Crippen LogP) is 2.69. The van der Waals surface area contributed by atoms with Gasteiger partial charge in [0.15, 0.2) is 0 Å². The molecule has 96 valence electrons. The van der Waals surface area contributed by atoms with E-state index in [4.69, 9.17) is 9.84 Å². The molecule has 2 aliphatic rings. The van der Waals surface area contributed by atoms with Crippen LogP contribution in [0.15, 0.2) is 12.1 Å². The quantitative estimate of drug-likeness (QED) is 0.888. The van der Waals surface area contributed by atoms with Gasteiger partial charge in [-0.05, 0) is 49.3 Å². The van der Waals surface area contributed by atoms with Gasteiger partial charge in [0.2, 0.25) is 0 Å². The highest BCUT2D eigenvalue weighted by atomic mass is 16.5. The van der Waals surface area contributed by atoms with Gasteiger partial charge in [-0.3, -0.25) is 4.79 Å². The molecule has 0 heterocycles. The third-order valence-corrected chi connectivity index (χ3v) is 4.34. The number of aliphatic carboxylic acids is 1. The Bertz CT molecular complexity index is 501. The standard InChI is InChI=1S/C15H18O3/c1-18-12-6-5-10-3-2-4-11(10)14(12)15(7-8-15)9-13(16)17/h5-6H,2-4,7-9H2,1H3,(H,16,17). The summed E-state index contributed by atoms with van der Waals surface area (Å²) in [4.78, 5) is 11.1. The molecule has 2 aliphatic carbocycles. The van der Waals surface area contributed by atoms with Crippen molar-refractivity contribution in [1.82, 2.24) is 0 Å². The summed E-state index contributed by atoms with van der Waals surface area (Å²) < 4.78 is 5.49. The molecule has 1 N–H and O–H groups in total.